The van der Waals surface area contributed by atoms with Gasteiger partial charge in [0.1, 0.15) is 0 Å². The molecule has 1 N–H and O–H groups in total. The first-order valence-electron chi connectivity index (χ1n) is 5.15. The molecule has 16 heavy (non-hydrogen) atoms. The van der Waals surface area contributed by atoms with Crippen LogP contribution in [0.15, 0.2) is 34.9 Å². The molecule has 0 spiro atoms. The Morgan fingerprint density at radius 2 is 1.75 bits per heavy atom. The van der Waals surface area contributed by atoms with Crippen molar-refractivity contribution in [2.75, 3.05) is 0 Å². The number of allylic oxidation sites excluding steroid dienone is 1. The van der Waals surface area contributed by atoms with E-state index in [4.69, 9.17) is 0 Å². The quantitative estimate of drug-likeness (QED) is 0.753. The minimum absolute atomic E-state index is 0.208. The van der Waals surface area contributed by atoms with Gasteiger partial charge in [0.25, 0.3) is 10.0 Å². The van der Waals surface area contributed by atoms with Gasteiger partial charge in [0, 0.05) is 11.1 Å². The number of fused-ring (bicyclic) bond motifs is 1. The molecule has 0 unspecified atom stereocenters. The standard InChI is InChI=1S/C12H15NO2S/c1-12(2,3)11-8-9-6-4-5-7-10(9)16(14,15)13-11/h4-8,13H,1-3H3. The van der Waals surface area contributed by atoms with Crippen LogP contribution in [0.1, 0.15) is 26.3 Å². The Morgan fingerprint density at radius 1 is 1.12 bits per heavy atom. The third kappa shape index (κ3) is 1.85. The SMILES string of the molecule is CC(C)(C)C1=Cc2ccccc2S(=O)(=O)N1. The highest BCUT2D eigenvalue weighted by Gasteiger charge is 2.28. The molecule has 0 radical (unpaired) electrons. The highest BCUT2D eigenvalue weighted by atomic mass is 32.2. The first-order valence-corrected chi connectivity index (χ1v) is 6.63. The second-order valence-electron chi connectivity index (χ2n) is 4.95. The highest BCUT2D eigenvalue weighted by molar-refractivity contribution is 7.89. The number of hydrogen-bond donors (Lipinski definition) is 1. The molecule has 1 aromatic rings. The third-order valence-corrected chi connectivity index (χ3v) is 4.00. The van der Waals surface area contributed by atoms with Gasteiger partial charge in [0.2, 0.25) is 0 Å². The fourth-order valence-electron chi connectivity index (χ4n) is 1.60. The fraction of sp³-hybridized carbons (Fsp3) is 0.333. The van der Waals surface area contributed by atoms with E-state index in [-0.39, 0.29) is 5.41 Å². The van der Waals surface area contributed by atoms with Crippen LogP contribution in [0.4, 0.5) is 0 Å². The molecule has 0 saturated carbocycles. The zero-order chi connectivity index (χ0) is 12.0. The maximum atomic E-state index is 12.0. The van der Waals surface area contributed by atoms with Crippen LogP contribution < -0.4 is 4.72 Å². The minimum Gasteiger partial charge on any atom is -0.283 e. The molecule has 0 amide bonds. The minimum atomic E-state index is -3.39. The largest absolute Gasteiger partial charge is 0.283 e. The monoisotopic (exact) mass is 237 g/mol. The summed E-state index contributed by atoms with van der Waals surface area (Å²) in [7, 11) is -3.39. The second-order valence-corrected chi connectivity index (χ2v) is 6.60. The summed E-state index contributed by atoms with van der Waals surface area (Å²) >= 11 is 0. The lowest BCUT2D eigenvalue weighted by molar-refractivity contribution is 0.481. The van der Waals surface area contributed by atoms with Crippen molar-refractivity contribution in [3.8, 4) is 0 Å². The van der Waals surface area contributed by atoms with Gasteiger partial charge in [-0.05, 0) is 17.7 Å². The molecule has 0 aromatic heterocycles. The van der Waals surface area contributed by atoms with Crippen LogP contribution in [0.25, 0.3) is 6.08 Å². The molecule has 0 bridgehead atoms. The van der Waals surface area contributed by atoms with E-state index in [0.717, 1.165) is 11.3 Å². The van der Waals surface area contributed by atoms with Crippen LogP contribution >= 0.6 is 0 Å². The Bertz CT molecular complexity index is 551. The van der Waals surface area contributed by atoms with Crippen LogP contribution in [0.3, 0.4) is 0 Å². The smallest absolute Gasteiger partial charge is 0.262 e. The van der Waals surface area contributed by atoms with Gasteiger partial charge >= 0.3 is 0 Å². The zero-order valence-electron chi connectivity index (χ0n) is 9.61. The topological polar surface area (TPSA) is 46.2 Å². The summed E-state index contributed by atoms with van der Waals surface area (Å²) < 4.78 is 26.6. The number of benzene rings is 1. The van der Waals surface area contributed by atoms with Gasteiger partial charge in [-0.2, -0.15) is 0 Å². The molecule has 1 heterocycles. The van der Waals surface area contributed by atoms with E-state index in [1.54, 1.807) is 12.1 Å². The number of sulfonamides is 1. The molecule has 2 rings (SSSR count). The van der Waals surface area contributed by atoms with E-state index in [0.29, 0.717) is 4.90 Å². The zero-order valence-corrected chi connectivity index (χ0v) is 10.4. The fourth-order valence-corrected chi connectivity index (χ4v) is 3.06. The predicted octanol–water partition coefficient (Wildman–Crippen LogP) is 2.37. The number of hydrogen-bond acceptors (Lipinski definition) is 2. The number of rotatable bonds is 0. The Labute approximate surface area is 96.2 Å². The lowest BCUT2D eigenvalue weighted by Crippen LogP contribution is -2.33. The van der Waals surface area contributed by atoms with E-state index < -0.39 is 10.0 Å². The van der Waals surface area contributed by atoms with Gasteiger partial charge in [-0.3, -0.25) is 4.72 Å². The average molecular weight is 237 g/mol. The first kappa shape index (κ1) is 11.2. The normalized spacial score (nSPS) is 18.3. The Kier molecular flexibility index (Phi) is 2.35. The second kappa shape index (κ2) is 3.35. The van der Waals surface area contributed by atoms with E-state index in [1.165, 1.54) is 0 Å². The third-order valence-electron chi connectivity index (χ3n) is 2.56. The van der Waals surface area contributed by atoms with Gasteiger partial charge in [0.05, 0.1) is 4.90 Å². The molecule has 0 atom stereocenters. The van der Waals surface area contributed by atoms with Gasteiger partial charge < -0.3 is 0 Å². The van der Waals surface area contributed by atoms with Crippen LogP contribution in [0.2, 0.25) is 0 Å². The van der Waals surface area contributed by atoms with Gasteiger partial charge in [-0.15, -0.1) is 0 Å². The van der Waals surface area contributed by atoms with Crippen LogP contribution in [-0.2, 0) is 10.0 Å². The Hall–Kier alpha value is -1.29. The van der Waals surface area contributed by atoms with Crippen molar-refractivity contribution in [2.24, 2.45) is 5.41 Å². The lowest BCUT2D eigenvalue weighted by atomic mass is 9.91. The van der Waals surface area contributed by atoms with E-state index in [9.17, 15) is 8.42 Å². The number of nitrogens with one attached hydrogen (secondary N) is 1. The summed E-state index contributed by atoms with van der Waals surface area (Å²) in [5.41, 5.74) is 1.28. The average Bonchev–Trinajstić information content (AvgIpc) is 2.15. The van der Waals surface area contributed by atoms with Crippen LogP contribution in [-0.4, -0.2) is 8.42 Å². The van der Waals surface area contributed by atoms with Crippen molar-refractivity contribution < 1.29 is 8.42 Å². The summed E-state index contributed by atoms with van der Waals surface area (Å²) in [5, 5.41) is 0. The van der Waals surface area contributed by atoms with Crippen molar-refractivity contribution in [2.45, 2.75) is 25.7 Å². The maximum Gasteiger partial charge on any atom is 0.262 e. The molecule has 1 aliphatic rings. The molecule has 4 heteroatoms. The molecular weight excluding hydrogens is 222 g/mol. The summed E-state index contributed by atoms with van der Waals surface area (Å²) in [6.45, 7) is 5.94. The van der Waals surface area contributed by atoms with Gasteiger partial charge in [-0.25, -0.2) is 8.42 Å². The predicted molar refractivity (Wildman–Crippen MR) is 64.2 cm³/mol. The van der Waals surface area contributed by atoms with E-state index >= 15 is 0 Å². The van der Waals surface area contributed by atoms with Gasteiger partial charge in [-0.1, -0.05) is 39.0 Å². The van der Waals surface area contributed by atoms with Crippen LogP contribution in [0, 0.1) is 5.41 Å². The summed E-state index contributed by atoms with van der Waals surface area (Å²) in [6.07, 6.45) is 1.90. The maximum absolute atomic E-state index is 12.0. The highest BCUT2D eigenvalue weighted by Crippen LogP contribution is 2.32. The van der Waals surface area contributed by atoms with E-state index in [1.807, 2.05) is 39.0 Å². The molecule has 1 aliphatic heterocycles. The summed E-state index contributed by atoms with van der Waals surface area (Å²) in [4.78, 5) is 0.350. The molecular formula is C12H15NO2S. The Balaban J connectivity index is 2.66. The molecule has 0 saturated heterocycles. The van der Waals surface area contributed by atoms with Crippen molar-refractivity contribution in [1.82, 2.24) is 4.72 Å². The van der Waals surface area contributed by atoms with Gasteiger partial charge in [0.15, 0.2) is 0 Å². The van der Waals surface area contributed by atoms with Crippen molar-refractivity contribution >= 4 is 16.1 Å². The van der Waals surface area contributed by atoms with Crippen LogP contribution in [0.5, 0.6) is 0 Å². The Morgan fingerprint density at radius 3 is 2.38 bits per heavy atom. The van der Waals surface area contributed by atoms with Crippen molar-refractivity contribution in [3.63, 3.8) is 0 Å². The van der Waals surface area contributed by atoms with Crippen molar-refractivity contribution in [1.29, 1.82) is 0 Å². The molecule has 86 valence electrons. The summed E-state index contributed by atoms with van der Waals surface area (Å²) in [5.74, 6) is 0. The molecule has 0 fully saturated rings. The lowest BCUT2D eigenvalue weighted by Gasteiger charge is -2.28. The molecule has 0 aliphatic carbocycles. The van der Waals surface area contributed by atoms with Crippen molar-refractivity contribution in [3.05, 3.63) is 35.5 Å². The molecule has 1 aromatic carbocycles. The molecule has 3 nitrogen and oxygen atoms in total. The van der Waals surface area contributed by atoms with E-state index in [2.05, 4.69) is 4.72 Å². The first-order chi connectivity index (χ1) is 7.31. The summed E-state index contributed by atoms with van der Waals surface area (Å²) in [6, 6.07) is 7.01.